The molecule has 8 aliphatic rings. The molecule has 0 aromatic heterocycles. The van der Waals surface area contributed by atoms with Crippen molar-refractivity contribution in [2.45, 2.75) is 243 Å². The molecule has 57 heavy (non-hydrogen) atoms. The van der Waals surface area contributed by atoms with Crippen molar-refractivity contribution in [1.82, 2.24) is 9.80 Å². The Balaban J connectivity index is 1.22. The molecule has 16 atom stereocenters. The van der Waals surface area contributed by atoms with Crippen LogP contribution in [0.25, 0.3) is 0 Å². The number of nitrogens with zero attached hydrogens (tertiary/aromatic N) is 2. The Morgan fingerprint density at radius 3 is 1.35 bits per heavy atom. The molecule has 2 saturated heterocycles. The van der Waals surface area contributed by atoms with E-state index in [1.807, 2.05) is 0 Å². The predicted molar refractivity (Wildman–Crippen MR) is 254 cm³/mol. The van der Waals surface area contributed by atoms with Crippen molar-refractivity contribution in [3.63, 3.8) is 0 Å². The maximum absolute atomic E-state index is 6.26. The molecule has 0 radical (unpaired) electrons. The van der Waals surface area contributed by atoms with Crippen LogP contribution < -0.4 is 0 Å². The summed E-state index contributed by atoms with van der Waals surface area (Å²) in [6, 6.07) is 5.36. The molecule has 328 valence electrons. The van der Waals surface area contributed by atoms with E-state index in [1.54, 1.807) is 57.4 Å². The molecule has 0 spiro atoms. The summed E-state index contributed by atoms with van der Waals surface area (Å²) in [5.74, 6) is 10.1. The zero-order valence-electron chi connectivity index (χ0n) is 40.1. The van der Waals surface area contributed by atoms with Crippen molar-refractivity contribution in [3.8, 4) is 0 Å². The largest absolute Gasteiger partial charge is 0.376 e. The van der Waals surface area contributed by atoms with Gasteiger partial charge in [-0.25, -0.2) is 0 Å². The van der Waals surface area contributed by atoms with Crippen LogP contribution in [0.15, 0.2) is 0 Å². The van der Waals surface area contributed by atoms with Crippen LogP contribution in [0.3, 0.4) is 0 Å². The molecular formula is C51H96N2OSi3. The van der Waals surface area contributed by atoms with Gasteiger partial charge in [0.1, 0.15) is 0 Å². The first kappa shape index (κ1) is 44.2. The van der Waals surface area contributed by atoms with Gasteiger partial charge in [-0.1, -0.05) is 124 Å². The molecule has 8 fully saturated rings. The van der Waals surface area contributed by atoms with E-state index in [2.05, 4.69) is 90.2 Å². The summed E-state index contributed by atoms with van der Waals surface area (Å²) in [6.45, 7) is 32.5. The molecule has 2 heterocycles. The first-order valence-corrected chi connectivity index (χ1v) is 36.3. The van der Waals surface area contributed by atoms with E-state index in [4.69, 9.17) is 4.74 Å². The minimum atomic E-state index is -1.80. The molecule has 6 saturated carbocycles. The molecule has 16 unspecified atom stereocenters. The minimum Gasteiger partial charge on any atom is -0.376 e. The number of ether oxygens (including phenoxy) is 1. The third-order valence-electron chi connectivity index (χ3n) is 19.0. The third kappa shape index (κ3) is 8.76. The molecule has 6 heteroatoms. The third-order valence-corrected chi connectivity index (χ3v) is 27.7. The lowest BCUT2D eigenvalue weighted by Gasteiger charge is -2.53. The molecule has 0 N–H and O–H groups in total. The first-order valence-electron chi connectivity index (χ1n) is 26.0. The lowest BCUT2D eigenvalue weighted by molar-refractivity contribution is -0.00471. The monoisotopic (exact) mass is 837 g/mol. The molecule has 0 aromatic carbocycles. The number of fused-ring (bicyclic) bond motifs is 10. The van der Waals surface area contributed by atoms with Crippen LogP contribution in [0.5, 0.6) is 0 Å². The van der Waals surface area contributed by atoms with E-state index in [1.165, 1.54) is 76.5 Å². The fraction of sp³-hybridized carbons (Fsp3) is 1.00. The summed E-state index contributed by atoms with van der Waals surface area (Å²) in [5, 5.41) is 0. The van der Waals surface area contributed by atoms with Gasteiger partial charge in [-0.3, -0.25) is 9.80 Å². The topological polar surface area (TPSA) is 15.7 Å². The highest BCUT2D eigenvalue weighted by molar-refractivity contribution is 6.82. The van der Waals surface area contributed by atoms with Crippen LogP contribution >= 0.6 is 0 Å². The van der Waals surface area contributed by atoms with E-state index in [9.17, 15) is 0 Å². The van der Waals surface area contributed by atoms with Gasteiger partial charge < -0.3 is 4.74 Å². The van der Waals surface area contributed by atoms with Crippen molar-refractivity contribution in [2.24, 2.45) is 59.2 Å². The van der Waals surface area contributed by atoms with Crippen molar-refractivity contribution >= 4 is 24.2 Å². The van der Waals surface area contributed by atoms with Crippen LogP contribution in [0.2, 0.25) is 63.0 Å². The highest BCUT2D eigenvalue weighted by atomic mass is 28.3. The van der Waals surface area contributed by atoms with Gasteiger partial charge in [-0.15, -0.1) is 0 Å². The quantitative estimate of drug-likeness (QED) is 0.136. The van der Waals surface area contributed by atoms with Crippen molar-refractivity contribution in [2.75, 3.05) is 18.9 Å². The predicted octanol–water partition coefficient (Wildman–Crippen LogP) is 13.8. The van der Waals surface area contributed by atoms with Crippen LogP contribution in [-0.4, -0.2) is 82.7 Å². The maximum Gasteiger partial charge on any atom is 0.0599 e. The van der Waals surface area contributed by atoms with Gasteiger partial charge in [-0.2, -0.15) is 0 Å². The maximum atomic E-state index is 6.26. The summed E-state index contributed by atoms with van der Waals surface area (Å²) >= 11 is 0. The van der Waals surface area contributed by atoms with Crippen LogP contribution in [-0.2, 0) is 4.74 Å². The number of hydrogen-bond donors (Lipinski definition) is 0. The summed E-state index contributed by atoms with van der Waals surface area (Å²) in [5.41, 5.74) is 2.19. The second-order valence-electron chi connectivity index (χ2n) is 26.8. The lowest BCUT2D eigenvalue weighted by Crippen LogP contribution is -2.53. The minimum absolute atomic E-state index is 0.00513. The molecule has 0 bridgehead atoms. The highest BCUT2D eigenvalue weighted by Crippen LogP contribution is 2.73. The van der Waals surface area contributed by atoms with Gasteiger partial charge in [0.25, 0.3) is 0 Å². The van der Waals surface area contributed by atoms with Gasteiger partial charge >= 0.3 is 0 Å². The molecule has 8 rings (SSSR count). The van der Waals surface area contributed by atoms with Gasteiger partial charge in [0.05, 0.1) is 29.8 Å². The average molecular weight is 838 g/mol. The zero-order valence-corrected chi connectivity index (χ0v) is 43.1. The molecule has 0 aromatic rings. The first-order chi connectivity index (χ1) is 26.9. The summed E-state index contributed by atoms with van der Waals surface area (Å²) in [7, 11) is -4.29. The zero-order chi connectivity index (χ0) is 40.7. The Hall–Kier alpha value is 0.531. The average Bonchev–Trinajstić information content (AvgIpc) is 3.82. The number of rotatable bonds is 13. The fourth-order valence-electron chi connectivity index (χ4n) is 17.9. The van der Waals surface area contributed by atoms with E-state index in [0.29, 0.717) is 0 Å². The van der Waals surface area contributed by atoms with Gasteiger partial charge in [0.15, 0.2) is 0 Å². The Morgan fingerprint density at radius 2 is 0.930 bits per heavy atom. The Morgan fingerprint density at radius 1 is 0.509 bits per heavy atom. The van der Waals surface area contributed by atoms with Crippen LogP contribution in [0.4, 0.5) is 0 Å². The molecule has 6 aliphatic carbocycles. The second kappa shape index (κ2) is 16.9. The van der Waals surface area contributed by atoms with Gasteiger partial charge in [0.2, 0.25) is 0 Å². The normalized spacial score (nSPS) is 44.8. The highest BCUT2D eigenvalue weighted by Gasteiger charge is 2.72. The Labute approximate surface area is 358 Å². The summed E-state index contributed by atoms with van der Waals surface area (Å²) in [4.78, 5) is 6.76. The Kier molecular flexibility index (Phi) is 13.1. The van der Waals surface area contributed by atoms with Crippen LogP contribution in [0, 0.1) is 59.2 Å². The van der Waals surface area contributed by atoms with Crippen molar-refractivity contribution < 1.29 is 4.74 Å². The van der Waals surface area contributed by atoms with E-state index in [-0.39, 0.29) is 5.60 Å². The van der Waals surface area contributed by atoms with Gasteiger partial charge in [0, 0.05) is 30.8 Å². The molecule has 2 aliphatic heterocycles. The summed E-state index contributed by atoms with van der Waals surface area (Å²) in [6.07, 6.45) is 30.3. The smallest absolute Gasteiger partial charge is 0.0599 e. The second-order valence-corrected chi connectivity index (χ2v) is 42.5. The molecule has 0 amide bonds. The summed E-state index contributed by atoms with van der Waals surface area (Å²) < 4.78 is 6.26. The number of hydrogen-bond acceptors (Lipinski definition) is 3. The molecule has 3 nitrogen and oxygen atoms in total. The Bertz CT molecular complexity index is 1270. The standard InChI is InChI=1S/C51H96N2OSi3/c1-35-25-27-43-41(31-35)45-47(52(43)33-55(6,7)8)37-21-15-17-23-39(37)49(45)57(12,30-20-14-13-19-29-54-51(3,4)5)50-40-24-18-16-22-38(40)48-46(50)42-32-36(2)26-28-44(42)53(48)34-56(9,10)11/h35-50H,13-34H2,1-12H3. The lowest BCUT2D eigenvalue weighted by atomic mass is 9.73. The van der Waals surface area contributed by atoms with E-state index in [0.717, 1.165) is 101 Å². The molecular weight excluding hydrogens is 741 g/mol. The van der Waals surface area contributed by atoms with E-state index >= 15 is 0 Å². The number of unbranched alkanes of at least 4 members (excludes halogenated alkanes) is 3. The van der Waals surface area contributed by atoms with E-state index < -0.39 is 24.2 Å². The fourth-order valence-corrected chi connectivity index (χ4v) is 28.5. The number of likely N-dealkylation sites (tertiary alicyclic amines) is 2. The SMILES string of the molecule is CC1CCC2C(C1)C1C(C3CCCCC3C1[Si](C)(CCCCCCOC(C)(C)C)C1C3CCCCC3C3C1C1CC(C)CCC1N3C[Si](C)(C)C)N2C[Si](C)(C)C. The van der Waals surface area contributed by atoms with Crippen LogP contribution in [0.1, 0.15) is 150 Å². The van der Waals surface area contributed by atoms with Crippen molar-refractivity contribution in [3.05, 3.63) is 0 Å². The van der Waals surface area contributed by atoms with Gasteiger partial charge in [-0.05, 0) is 161 Å². The van der Waals surface area contributed by atoms with Crippen molar-refractivity contribution in [1.29, 1.82) is 0 Å².